The number of piperazine rings is 1. The highest BCUT2D eigenvalue weighted by atomic mass is 32.1. The van der Waals surface area contributed by atoms with E-state index < -0.39 is 0 Å². The Bertz CT molecular complexity index is 788. The van der Waals surface area contributed by atoms with E-state index in [0.29, 0.717) is 13.2 Å². The molecule has 1 N–H and O–H groups in total. The standard InChI is InChI=1S/C20H28N4O3S/c1-4-21-20(25)24-10-8-23(9-11-24)13-16-14-28-19(22-16)15-6-7-17(27-5-2)18(12-15)26-3/h6-7,12,14H,4-5,8-11,13H2,1-3H3,(H,21,25). The fraction of sp³-hybridized carbons (Fsp3) is 0.500. The molecule has 1 aromatic heterocycles. The van der Waals surface area contributed by atoms with E-state index in [2.05, 4.69) is 15.6 Å². The van der Waals surface area contributed by atoms with Crippen LogP contribution in [0, 0.1) is 0 Å². The summed E-state index contributed by atoms with van der Waals surface area (Å²) in [6, 6.07) is 5.95. The fourth-order valence-corrected chi connectivity index (χ4v) is 4.00. The zero-order valence-corrected chi connectivity index (χ0v) is 17.6. The van der Waals surface area contributed by atoms with Crippen LogP contribution in [0.5, 0.6) is 11.5 Å². The second-order valence-corrected chi connectivity index (χ2v) is 7.40. The van der Waals surface area contributed by atoms with Crippen LogP contribution in [-0.2, 0) is 6.54 Å². The Kier molecular flexibility index (Phi) is 7.11. The van der Waals surface area contributed by atoms with Crippen LogP contribution in [-0.4, -0.2) is 67.3 Å². The molecule has 7 nitrogen and oxygen atoms in total. The third-order valence-electron chi connectivity index (χ3n) is 4.64. The molecule has 0 spiro atoms. The average Bonchev–Trinajstić information content (AvgIpc) is 3.17. The lowest BCUT2D eigenvalue weighted by atomic mass is 10.2. The molecule has 0 radical (unpaired) electrons. The maximum Gasteiger partial charge on any atom is 0.317 e. The van der Waals surface area contributed by atoms with Gasteiger partial charge in [0, 0.05) is 50.2 Å². The van der Waals surface area contributed by atoms with Crippen molar-refractivity contribution < 1.29 is 14.3 Å². The Morgan fingerprint density at radius 1 is 1.21 bits per heavy atom. The summed E-state index contributed by atoms with van der Waals surface area (Å²) >= 11 is 1.63. The molecule has 1 saturated heterocycles. The predicted molar refractivity (Wildman–Crippen MR) is 111 cm³/mol. The van der Waals surface area contributed by atoms with Gasteiger partial charge in [0.25, 0.3) is 0 Å². The molecule has 0 saturated carbocycles. The summed E-state index contributed by atoms with van der Waals surface area (Å²) in [6.45, 7) is 9.18. The first-order valence-corrected chi connectivity index (χ1v) is 10.5. The number of benzene rings is 1. The monoisotopic (exact) mass is 404 g/mol. The van der Waals surface area contributed by atoms with E-state index in [0.717, 1.165) is 60.5 Å². The normalized spacial score (nSPS) is 14.8. The van der Waals surface area contributed by atoms with Gasteiger partial charge in [-0.1, -0.05) is 0 Å². The number of nitrogens with one attached hydrogen (secondary N) is 1. The van der Waals surface area contributed by atoms with E-state index in [1.807, 2.05) is 36.9 Å². The molecule has 1 aliphatic rings. The van der Waals surface area contributed by atoms with Crippen LogP contribution < -0.4 is 14.8 Å². The topological polar surface area (TPSA) is 66.9 Å². The lowest BCUT2D eigenvalue weighted by Gasteiger charge is -2.34. The summed E-state index contributed by atoms with van der Waals surface area (Å²) in [4.78, 5) is 20.9. The number of methoxy groups -OCH3 is 1. The first kappa shape index (κ1) is 20.4. The molecule has 2 amide bonds. The van der Waals surface area contributed by atoms with Gasteiger partial charge in [-0.05, 0) is 32.0 Å². The molecule has 28 heavy (non-hydrogen) atoms. The summed E-state index contributed by atoms with van der Waals surface area (Å²) < 4.78 is 11.0. The van der Waals surface area contributed by atoms with Crippen LogP contribution in [0.1, 0.15) is 19.5 Å². The van der Waals surface area contributed by atoms with Crippen molar-refractivity contribution in [1.29, 1.82) is 0 Å². The van der Waals surface area contributed by atoms with E-state index in [1.54, 1.807) is 18.4 Å². The molecule has 152 valence electrons. The molecule has 0 bridgehead atoms. The summed E-state index contributed by atoms with van der Waals surface area (Å²) in [5, 5.41) is 5.94. The number of urea groups is 1. The van der Waals surface area contributed by atoms with Gasteiger partial charge >= 0.3 is 6.03 Å². The SMILES string of the molecule is CCNC(=O)N1CCN(Cc2csc(-c3ccc(OCC)c(OC)c3)n2)CC1. The van der Waals surface area contributed by atoms with E-state index in [-0.39, 0.29) is 6.03 Å². The fourth-order valence-electron chi connectivity index (χ4n) is 3.19. The molecule has 3 rings (SSSR count). The van der Waals surface area contributed by atoms with E-state index in [4.69, 9.17) is 14.5 Å². The van der Waals surface area contributed by atoms with Crippen LogP contribution in [0.3, 0.4) is 0 Å². The van der Waals surface area contributed by atoms with Crippen molar-refractivity contribution >= 4 is 17.4 Å². The number of hydrogen-bond acceptors (Lipinski definition) is 6. The van der Waals surface area contributed by atoms with E-state index in [1.165, 1.54) is 0 Å². The number of nitrogens with zero attached hydrogens (tertiary/aromatic N) is 3. The quantitative estimate of drug-likeness (QED) is 0.768. The van der Waals surface area contributed by atoms with Crippen molar-refractivity contribution in [3.8, 4) is 22.1 Å². The van der Waals surface area contributed by atoms with Crippen molar-refractivity contribution in [3.05, 3.63) is 29.3 Å². The van der Waals surface area contributed by atoms with Crippen LogP contribution in [0.15, 0.2) is 23.6 Å². The van der Waals surface area contributed by atoms with Gasteiger partial charge in [0.05, 0.1) is 19.4 Å². The molecule has 1 fully saturated rings. The average molecular weight is 405 g/mol. The van der Waals surface area contributed by atoms with Gasteiger partial charge in [-0.25, -0.2) is 9.78 Å². The number of amides is 2. The number of carbonyl (C=O) groups excluding carboxylic acids is 1. The van der Waals surface area contributed by atoms with Crippen LogP contribution in [0.4, 0.5) is 4.79 Å². The Morgan fingerprint density at radius 2 is 2.00 bits per heavy atom. The highest BCUT2D eigenvalue weighted by molar-refractivity contribution is 7.13. The highest BCUT2D eigenvalue weighted by Gasteiger charge is 2.21. The summed E-state index contributed by atoms with van der Waals surface area (Å²) in [6.07, 6.45) is 0. The van der Waals surface area contributed by atoms with Gasteiger partial charge in [-0.2, -0.15) is 0 Å². The largest absolute Gasteiger partial charge is 0.493 e. The number of ether oxygens (including phenoxy) is 2. The smallest absolute Gasteiger partial charge is 0.317 e. The number of aromatic nitrogens is 1. The Morgan fingerprint density at radius 3 is 2.68 bits per heavy atom. The zero-order valence-electron chi connectivity index (χ0n) is 16.7. The zero-order chi connectivity index (χ0) is 19.9. The first-order valence-electron chi connectivity index (χ1n) is 9.65. The first-order chi connectivity index (χ1) is 13.6. The minimum atomic E-state index is 0.0301. The number of rotatable bonds is 7. The van der Waals surface area contributed by atoms with Crippen molar-refractivity contribution in [2.24, 2.45) is 0 Å². The van der Waals surface area contributed by atoms with Gasteiger partial charge in [0.1, 0.15) is 5.01 Å². The van der Waals surface area contributed by atoms with Crippen molar-refractivity contribution in [2.75, 3.05) is 46.4 Å². The van der Waals surface area contributed by atoms with Crippen molar-refractivity contribution in [3.63, 3.8) is 0 Å². The Hall–Kier alpha value is -2.32. The lowest BCUT2D eigenvalue weighted by Crippen LogP contribution is -2.51. The summed E-state index contributed by atoms with van der Waals surface area (Å²) in [7, 11) is 1.65. The van der Waals surface area contributed by atoms with Crippen LogP contribution in [0.25, 0.3) is 10.6 Å². The maximum atomic E-state index is 11.9. The molecular weight excluding hydrogens is 376 g/mol. The van der Waals surface area contributed by atoms with Crippen LogP contribution >= 0.6 is 11.3 Å². The summed E-state index contributed by atoms with van der Waals surface area (Å²) in [5.41, 5.74) is 2.08. The third kappa shape index (κ3) is 4.94. The molecule has 0 aliphatic carbocycles. The Balaban J connectivity index is 1.60. The molecule has 1 aromatic carbocycles. The molecule has 0 atom stereocenters. The van der Waals surface area contributed by atoms with Crippen molar-refractivity contribution in [1.82, 2.24) is 20.1 Å². The van der Waals surface area contributed by atoms with Gasteiger partial charge in [-0.3, -0.25) is 4.90 Å². The number of carbonyl (C=O) groups is 1. The lowest BCUT2D eigenvalue weighted by molar-refractivity contribution is 0.135. The molecule has 8 heteroatoms. The second kappa shape index (κ2) is 9.75. The highest BCUT2D eigenvalue weighted by Crippen LogP contribution is 2.34. The molecule has 0 unspecified atom stereocenters. The van der Waals surface area contributed by atoms with Gasteiger partial charge in [0.2, 0.25) is 0 Å². The third-order valence-corrected chi connectivity index (χ3v) is 5.58. The summed E-state index contributed by atoms with van der Waals surface area (Å²) in [5.74, 6) is 1.47. The second-order valence-electron chi connectivity index (χ2n) is 6.54. The molecule has 1 aliphatic heterocycles. The van der Waals surface area contributed by atoms with Crippen LogP contribution in [0.2, 0.25) is 0 Å². The molecule has 2 aromatic rings. The minimum Gasteiger partial charge on any atom is -0.493 e. The Labute approximate surface area is 170 Å². The van der Waals surface area contributed by atoms with Gasteiger partial charge < -0.3 is 19.7 Å². The predicted octanol–water partition coefficient (Wildman–Crippen LogP) is 3.06. The van der Waals surface area contributed by atoms with E-state index >= 15 is 0 Å². The molecular formula is C20H28N4O3S. The van der Waals surface area contributed by atoms with E-state index in [9.17, 15) is 4.79 Å². The number of hydrogen-bond donors (Lipinski definition) is 1. The van der Waals surface area contributed by atoms with Gasteiger partial charge in [0.15, 0.2) is 11.5 Å². The number of thiazole rings is 1. The maximum absolute atomic E-state index is 11.9. The van der Waals surface area contributed by atoms with Crippen molar-refractivity contribution in [2.45, 2.75) is 20.4 Å². The van der Waals surface area contributed by atoms with Gasteiger partial charge in [-0.15, -0.1) is 11.3 Å². The molecule has 2 heterocycles. The minimum absolute atomic E-state index is 0.0301.